The van der Waals surface area contributed by atoms with Gasteiger partial charge in [-0.1, -0.05) is 36.4 Å². The van der Waals surface area contributed by atoms with Crippen LogP contribution in [0.4, 0.5) is 0 Å². The number of hydrogen-bond donors (Lipinski definition) is 0. The largest absolute Gasteiger partial charge is 0.497 e. The van der Waals surface area contributed by atoms with Gasteiger partial charge in [0.1, 0.15) is 5.75 Å². The summed E-state index contributed by atoms with van der Waals surface area (Å²) in [7, 11) is 3.00. The van der Waals surface area contributed by atoms with Crippen LogP contribution in [0.15, 0.2) is 66.7 Å². The smallest absolute Gasteiger partial charge is 0.339 e. The fourth-order valence-electron chi connectivity index (χ4n) is 3.29. The zero-order valence-corrected chi connectivity index (χ0v) is 14.0. The summed E-state index contributed by atoms with van der Waals surface area (Å²) in [5.74, 6) is 0.309. The summed E-state index contributed by atoms with van der Waals surface area (Å²) in [6.07, 6.45) is 0. The van der Waals surface area contributed by atoms with Gasteiger partial charge in [0, 0.05) is 16.8 Å². The number of para-hydroxylation sites is 2. The molecule has 0 radical (unpaired) electrons. The summed E-state index contributed by atoms with van der Waals surface area (Å²) in [5.41, 5.74) is 3.29. The predicted molar refractivity (Wildman–Crippen MR) is 98.7 cm³/mol. The minimum atomic E-state index is -0.375. The van der Waals surface area contributed by atoms with Crippen molar-refractivity contribution in [3.05, 3.63) is 72.3 Å². The first-order valence-corrected chi connectivity index (χ1v) is 7.99. The molecule has 0 aliphatic heterocycles. The third-order valence-corrected chi connectivity index (χ3v) is 4.43. The molecule has 4 heteroatoms. The van der Waals surface area contributed by atoms with E-state index in [2.05, 4.69) is 28.8 Å². The van der Waals surface area contributed by atoms with Crippen molar-refractivity contribution < 1.29 is 14.3 Å². The van der Waals surface area contributed by atoms with Crippen LogP contribution in [0, 0.1) is 0 Å². The van der Waals surface area contributed by atoms with Crippen molar-refractivity contribution in [2.45, 2.75) is 0 Å². The van der Waals surface area contributed by atoms with E-state index in [1.165, 1.54) is 7.11 Å². The third kappa shape index (κ3) is 2.34. The van der Waals surface area contributed by atoms with E-state index in [0.717, 1.165) is 27.5 Å². The maximum absolute atomic E-state index is 12.3. The van der Waals surface area contributed by atoms with Crippen LogP contribution in [-0.4, -0.2) is 24.8 Å². The summed E-state index contributed by atoms with van der Waals surface area (Å²) in [6.45, 7) is 0. The minimum absolute atomic E-state index is 0.375. The Hall–Kier alpha value is -3.27. The van der Waals surface area contributed by atoms with Crippen molar-refractivity contribution in [2.75, 3.05) is 14.2 Å². The van der Waals surface area contributed by atoms with Crippen LogP contribution < -0.4 is 4.74 Å². The molecular weight excluding hydrogens is 314 g/mol. The number of carbonyl (C=O) groups is 1. The first-order chi connectivity index (χ1) is 12.2. The highest BCUT2D eigenvalue weighted by Crippen LogP contribution is 2.34. The number of nitrogens with zero attached hydrogens (tertiary/aromatic N) is 1. The van der Waals surface area contributed by atoms with Gasteiger partial charge >= 0.3 is 5.97 Å². The van der Waals surface area contributed by atoms with Gasteiger partial charge in [0.05, 0.1) is 36.5 Å². The lowest BCUT2D eigenvalue weighted by Crippen LogP contribution is -2.08. The average Bonchev–Trinajstić information content (AvgIpc) is 3.01. The van der Waals surface area contributed by atoms with E-state index in [-0.39, 0.29) is 5.97 Å². The van der Waals surface area contributed by atoms with Crippen molar-refractivity contribution in [2.24, 2.45) is 0 Å². The minimum Gasteiger partial charge on any atom is -0.497 e. The van der Waals surface area contributed by atoms with Crippen molar-refractivity contribution in [3.8, 4) is 11.4 Å². The first-order valence-electron chi connectivity index (χ1n) is 7.99. The lowest BCUT2D eigenvalue weighted by Gasteiger charge is -2.13. The monoisotopic (exact) mass is 331 g/mol. The number of esters is 1. The summed E-state index contributed by atoms with van der Waals surface area (Å²) in [5, 5.41) is 2.27. The highest BCUT2D eigenvalue weighted by molar-refractivity contribution is 6.10. The van der Waals surface area contributed by atoms with Crippen LogP contribution in [0.2, 0.25) is 0 Å². The zero-order valence-electron chi connectivity index (χ0n) is 14.0. The van der Waals surface area contributed by atoms with Crippen LogP contribution in [-0.2, 0) is 4.74 Å². The van der Waals surface area contributed by atoms with Crippen LogP contribution in [0.1, 0.15) is 10.4 Å². The molecular formula is C21H17NO3. The van der Waals surface area contributed by atoms with Gasteiger partial charge in [-0.15, -0.1) is 0 Å². The zero-order chi connectivity index (χ0) is 17.4. The molecule has 4 nitrogen and oxygen atoms in total. The number of carbonyl (C=O) groups excluding carboxylic acids is 1. The lowest BCUT2D eigenvalue weighted by atomic mass is 10.1. The maximum atomic E-state index is 12.3. The Labute approximate surface area is 145 Å². The maximum Gasteiger partial charge on any atom is 0.339 e. The summed E-state index contributed by atoms with van der Waals surface area (Å²) in [6, 6.07) is 21.7. The van der Waals surface area contributed by atoms with E-state index in [4.69, 9.17) is 9.47 Å². The molecule has 4 rings (SSSR count). The SMILES string of the molecule is COC(=O)c1ccc(OC)cc1-n1c2ccccc2c2ccccc21. The molecule has 0 unspecified atom stereocenters. The molecule has 0 N–H and O–H groups in total. The van der Waals surface area contributed by atoms with E-state index in [1.807, 2.05) is 30.3 Å². The van der Waals surface area contributed by atoms with Gasteiger partial charge in [0.25, 0.3) is 0 Å². The van der Waals surface area contributed by atoms with Gasteiger partial charge in [-0.05, 0) is 24.3 Å². The number of rotatable bonds is 3. The van der Waals surface area contributed by atoms with Crippen LogP contribution in [0.5, 0.6) is 5.75 Å². The van der Waals surface area contributed by atoms with Gasteiger partial charge in [-0.2, -0.15) is 0 Å². The van der Waals surface area contributed by atoms with Crippen molar-refractivity contribution in [1.29, 1.82) is 0 Å². The molecule has 0 aliphatic carbocycles. The number of fused-ring (bicyclic) bond motifs is 3. The summed E-state index contributed by atoms with van der Waals surface area (Å²) >= 11 is 0. The van der Waals surface area contributed by atoms with Crippen molar-refractivity contribution >= 4 is 27.8 Å². The van der Waals surface area contributed by atoms with Crippen LogP contribution in [0.3, 0.4) is 0 Å². The molecule has 1 aromatic heterocycles. The van der Waals surface area contributed by atoms with E-state index < -0.39 is 0 Å². The first kappa shape index (κ1) is 15.3. The number of aromatic nitrogens is 1. The second-order valence-electron chi connectivity index (χ2n) is 5.74. The van der Waals surface area contributed by atoms with E-state index in [0.29, 0.717) is 11.3 Å². The Balaban J connectivity index is 2.15. The molecule has 0 bridgehead atoms. The van der Waals surface area contributed by atoms with Gasteiger partial charge in [0.15, 0.2) is 0 Å². The van der Waals surface area contributed by atoms with Crippen LogP contribution >= 0.6 is 0 Å². The molecule has 124 valence electrons. The molecule has 25 heavy (non-hydrogen) atoms. The van der Waals surface area contributed by atoms with E-state index in [1.54, 1.807) is 19.2 Å². The molecule has 0 fully saturated rings. The van der Waals surface area contributed by atoms with E-state index >= 15 is 0 Å². The highest BCUT2D eigenvalue weighted by atomic mass is 16.5. The fourth-order valence-corrected chi connectivity index (χ4v) is 3.29. The highest BCUT2D eigenvalue weighted by Gasteiger charge is 2.19. The lowest BCUT2D eigenvalue weighted by molar-refractivity contribution is 0.0601. The predicted octanol–water partition coefficient (Wildman–Crippen LogP) is 4.58. The van der Waals surface area contributed by atoms with Gasteiger partial charge in [-0.25, -0.2) is 4.79 Å². The molecule has 0 spiro atoms. The average molecular weight is 331 g/mol. The molecule has 0 atom stereocenters. The number of benzene rings is 3. The number of ether oxygens (including phenoxy) is 2. The molecule has 4 aromatic rings. The van der Waals surface area contributed by atoms with Crippen LogP contribution in [0.25, 0.3) is 27.5 Å². The van der Waals surface area contributed by atoms with Crippen molar-refractivity contribution in [1.82, 2.24) is 4.57 Å². The number of hydrogen-bond acceptors (Lipinski definition) is 3. The Morgan fingerprint density at radius 3 is 2.00 bits per heavy atom. The molecule has 0 saturated heterocycles. The third-order valence-electron chi connectivity index (χ3n) is 4.43. The summed E-state index contributed by atoms with van der Waals surface area (Å²) in [4.78, 5) is 12.3. The van der Waals surface area contributed by atoms with Gasteiger partial charge < -0.3 is 14.0 Å². The quantitative estimate of drug-likeness (QED) is 0.516. The Morgan fingerprint density at radius 1 is 0.840 bits per heavy atom. The Morgan fingerprint density at radius 2 is 1.44 bits per heavy atom. The molecule has 0 amide bonds. The topological polar surface area (TPSA) is 40.5 Å². The second-order valence-corrected chi connectivity index (χ2v) is 5.74. The van der Waals surface area contributed by atoms with Gasteiger partial charge in [0.2, 0.25) is 0 Å². The number of methoxy groups -OCH3 is 2. The van der Waals surface area contributed by atoms with E-state index in [9.17, 15) is 4.79 Å². The fraction of sp³-hybridized carbons (Fsp3) is 0.0952. The van der Waals surface area contributed by atoms with Gasteiger partial charge in [-0.3, -0.25) is 0 Å². The standard InChI is InChI=1S/C21H17NO3/c1-24-14-11-12-17(21(23)25-2)20(13-14)22-18-9-5-3-7-15(18)16-8-4-6-10-19(16)22/h3-13H,1-2H3. The van der Waals surface area contributed by atoms with Crippen molar-refractivity contribution in [3.63, 3.8) is 0 Å². The Kier molecular flexibility index (Phi) is 3.65. The molecule has 1 heterocycles. The summed E-state index contributed by atoms with van der Waals surface area (Å²) < 4.78 is 12.4. The molecule has 0 aliphatic rings. The Bertz CT molecular complexity index is 1040. The molecule has 3 aromatic carbocycles. The second kappa shape index (κ2) is 5.98. The normalized spacial score (nSPS) is 11.0. The molecule has 0 saturated carbocycles.